The number of methoxy groups -OCH3 is 1. The van der Waals surface area contributed by atoms with Crippen LogP contribution < -0.4 is 19.0 Å². The monoisotopic (exact) mass is 384 g/mol. The minimum absolute atomic E-state index is 0.0318. The van der Waals surface area contributed by atoms with Gasteiger partial charge < -0.3 is 23.9 Å². The fourth-order valence-corrected chi connectivity index (χ4v) is 3.89. The van der Waals surface area contributed by atoms with Gasteiger partial charge in [0.1, 0.15) is 19.0 Å². The molecule has 0 unspecified atom stereocenters. The zero-order chi connectivity index (χ0) is 18.6. The van der Waals surface area contributed by atoms with Gasteiger partial charge in [0.15, 0.2) is 16.3 Å². The Morgan fingerprint density at radius 2 is 1.89 bits per heavy atom. The molecule has 140 valence electrons. The standard InChI is InChI=1S/C20H20N2O4S/c1-24-16-5-3-15(4-6-16)21-20-22(8-9-23)17(13-27-20)14-2-7-18-19(12-14)26-11-10-25-18/h2-7,12-13,23H,8-11H2,1H3. The van der Waals surface area contributed by atoms with Crippen molar-refractivity contribution in [3.05, 3.63) is 52.6 Å². The van der Waals surface area contributed by atoms with E-state index in [0.717, 1.165) is 39.0 Å². The Morgan fingerprint density at radius 1 is 1.11 bits per heavy atom. The molecule has 3 aromatic rings. The number of benzene rings is 2. The summed E-state index contributed by atoms with van der Waals surface area (Å²) in [5, 5.41) is 11.6. The number of aliphatic hydroxyl groups excluding tert-OH is 1. The molecule has 0 atom stereocenters. The summed E-state index contributed by atoms with van der Waals surface area (Å²) in [6.07, 6.45) is 0. The van der Waals surface area contributed by atoms with Crippen LogP contribution in [0.4, 0.5) is 5.69 Å². The van der Waals surface area contributed by atoms with Crippen LogP contribution in [0.1, 0.15) is 0 Å². The van der Waals surface area contributed by atoms with Crippen molar-refractivity contribution in [2.24, 2.45) is 4.99 Å². The third-order valence-corrected chi connectivity index (χ3v) is 5.12. The van der Waals surface area contributed by atoms with Gasteiger partial charge in [0.2, 0.25) is 0 Å². The summed E-state index contributed by atoms with van der Waals surface area (Å²) in [6.45, 7) is 1.61. The molecule has 6 nitrogen and oxygen atoms in total. The van der Waals surface area contributed by atoms with E-state index < -0.39 is 0 Å². The molecule has 0 saturated heterocycles. The zero-order valence-electron chi connectivity index (χ0n) is 14.9. The van der Waals surface area contributed by atoms with Crippen molar-refractivity contribution in [1.82, 2.24) is 4.57 Å². The molecule has 0 radical (unpaired) electrons. The number of ether oxygens (including phenoxy) is 3. The van der Waals surface area contributed by atoms with Gasteiger partial charge in [-0.1, -0.05) is 0 Å². The number of fused-ring (bicyclic) bond motifs is 1. The first kappa shape index (κ1) is 17.6. The second kappa shape index (κ2) is 7.85. The minimum Gasteiger partial charge on any atom is -0.497 e. The molecule has 2 heterocycles. The van der Waals surface area contributed by atoms with Gasteiger partial charge in [-0.3, -0.25) is 0 Å². The van der Waals surface area contributed by atoms with Crippen molar-refractivity contribution in [2.45, 2.75) is 6.54 Å². The Kier molecular flexibility index (Phi) is 5.13. The highest BCUT2D eigenvalue weighted by Crippen LogP contribution is 2.34. The van der Waals surface area contributed by atoms with Crippen LogP contribution >= 0.6 is 11.3 Å². The first-order chi connectivity index (χ1) is 13.3. The second-order valence-electron chi connectivity index (χ2n) is 5.95. The van der Waals surface area contributed by atoms with E-state index in [9.17, 15) is 5.11 Å². The quantitative estimate of drug-likeness (QED) is 0.734. The fourth-order valence-electron chi connectivity index (χ4n) is 2.94. The lowest BCUT2D eigenvalue weighted by atomic mass is 10.1. The Balaban J connectivity index is 1.75. The van der Waals surface area contributed by atoms with E-state index in [0.29, 0.717) is 19.8 Å². The maximum atomic E-state index is 9.54. The van der Waals surface area contributed by atoms with Crippen LogP contribution in [-0.4, -0.2) is 36.6 Å². The lowest BCUT2D eigenvalue weighted by molar-refractivity contribution is 0.171. The van der Waals surface area contributed by atoms with Crippen LogP contribution in [0.3, 0.4) is 0 Å². The second-order valence-corrected chi connectivity index (χ2v) is 6.78. The molecular weight excluding hydrogens is 364 g/mol. The van der Waals surface area contributed by atoms with E-state index in [1.54, 1.807) is 7.11 Å². The first-order valence-corrected chi connectivity index (χ1v) is 9.54. The van der Waals surface area contributed by atoms with Gasteiger partial charge in [-0.05, 0) is 42.5 Å². The Morgan fingerprint density at radius 3 is 2.63 bits per heavy atom. The molecule has 0 amide bonds. The molecule has 0 spiro atoms. The van der Waals surface area contributed by atoms with Gasteiger partial charge in [0.25, 0.3) is 0 Å². The molecule has 2 aromatic carbocycles. The van der Waals surface area contributed by atoms with Gasteiger partial charge >= 0.3 is 0 Å². The van der Waals surface area contributed by atoms with Crippen molar-refractivity contribution in [2.75, 3.05) is 26.9 Å². The van der Waals surface area contributed by atoms with E-state index in [2.05, 4.69) is 0 Å². The summed E-state index contributed by atoms with van der Waals surface area (Å²) in [7, 11) is 1.64. The van der Waals surface area contributed by atoms with Gasteiger partial charge in [-0.2, -0.15) is 0 Å². The predicted octanol–water partition coefficient (Wildman–Crippen LogP) is 3.22. The Bertz CT molecular complexity index is 992. The van der Waals surface area contributed by atoms with E-state index in [-0.39, 0.29) is 6.61 Å². The molecule has 0 fully saturated rings. The lowest BCUT2D eigenvalue weighted by Crippen LogP contribution is -2.18. The highest BCUT2D eigenvalue weighted by molar-refractivity contribution is 7.07. The largest absolute Gasteiger partial charge is 0.497 e. The number of aromatic nitrogens is 1. The zero-order valence-corrected chi connectivity index (χ0v) is 15.7. The van der Waals surface area contributed by atoms with Crippen LogP contribution in [0.25, 0.3) is 11.3 Å². The van der Waals surface area contributed by atoms with E-state index in [1.165, 1.54) is 11.3 Å². The molecule has 27 heavy (non-hydrogen) atoms. The van der Waals surface area contributed by atoms with Crippen LogP contribution in [0, 0.1) is 0 Å². The first-order valence-electron chi connectivity index (χ1n) is 8.66. The average Bonchev–Trinajstić information content (AvgIpc) is 3.11. The number of thiazole rings is 1. The van der Waals surface area contributed by atoms with E-state index >= 15 is 0 Å². The highest BCUT2D eigenvalue weighted by atomic mass is 32.1. The smallest absolute Gasteiger partial charge is 0.190 e. The minimum atomic E-state index is 0.0318. The maximum absolute atomic E-state index is 9.54. The summed E-state index contributed by atoms with van der Waals surface area (Å²) in [4.78, 5) is 5.55. The molecule has 1 aliphatic heterocycles. The van der Waals surface area contributed by atoms with Gasteiger partial charge in [0, 0.05) is 17.5 Å². The number of aliphatic hydroxyl groups is 1. The SMILES string of the molecule is COc1ccc(N=c2scc(-c3ccc4c(c3)OCCO4)n2CCO)cc1. The molecule has 7 heteroatoms. The summed E-state index contributed by atoms with van der Waals surface area (Å²) < 4.78 is 18.5. The molecular formula is C20H20N2O4S. The van der Waals surface area contributed by atoms with Crippen molar-refractivity contribution in [3.8, 4) is 28.5 Å². The third kappa shape index (κ3) is 3.70. The summed E-state index contributed by atoms with van der Waals surface area (Å²) in [5.41, 5.74) is 2.82. The molecule has 0 bridgehead atoms. The number of hydrogen-bond acceptors (Lipinski definition) is 6. The normalized spacial score (nSPS) is 13.6. The summed E-state index contributed by atoms with van der Waals surface area (Å²) >= 11 is 1.54. The topological polar surface area (TPSA) is 65.2 Å². The Hall–Kier alpha value is -2.77. The number of rotatable bonds is 5. The van der Waals surface area contributed by atoms with Crippen molar-refractivity contribution >= 4 is 17.0 Å². The molecule has 0 saturated carbocycles. The summed E-state index contributed by atoms with van der Waals surface area (Å²) in [5.74, 6) is 2.30. The van der Waals surface area contributed by atoms with Crippen LogP contribution in [0.5, 0.6) is 17.2 Å². The fraction of sp³-hybridized carbons (Fsp3) is 0.250. The van der Waals surface area contributed by atoms with E-state index in [1.807, 2.05) is 52.4 Å². The lowest BCUT2D eigenvalue weighted by Gasteiger charge is -2.19. The predicted molar refractivity (Wildman–Crippen MR) is 104 cm³/mol. The van der Waals surface area contributed by atoms with E-state index in [4.69, 9.17) is 19.2 Å². The molecule has 4 rings (SSSR count). The third-order valence-electron chi connectivity index (χ3n) is 4.26. The molecule has 0 aliphatic carbocycles. The van der Waals surface area contributed by atoms with Crippen LogP contribution in [0.2, 0.25) is 0 Å². The Labute approximate surface area is 160 Å². The van der Waals surface area contributed by atoms with Crippen molar-refractivity contribution in [3.63, 3.8) is 0 Å². The maximum Gasteiger partial charge on any atom is 0.190 e. The molecule has 1 aliphatic rings. The van der Waals surface area contributed by atoms with Gasteiger partial charge in [-0.25, -0.2) is 4.99 Å². The number of nitrogens with zero attached hydrogens (tertiary/aromatic N) is 2. The van der Waals surface area contributed by atoms with Gasteiger partial charge in [-0.15, -0.1) is 11.3 Å². The highest BCUT2D eigenvalue weighted by Gasteiger charge is 2.15. The summed E-state index contributed by atoms with van der Waals surface area (Å²) in [6, 6.07) is 13.5. The number of hydrogen-bond donors (Lipinski definition) is 1. The van der Waals surface area contributed by atoms with Gasteiger partial charge in [0.05, 0.1) is 25.1 Å². The molecule has 1 N–H and O–H groups in total. The van der Waals surface area contributed by atoms with Crippen molar-refractivity contribution < 1.29 is 19.3 Å². The van der Waals surface area contributed by atoms with Crippen LogP contribution in [0.15, 0.2) is 52.8 Å². The molecule has 1 aromatic heterocycles. The van der Waals surface area contributed by atoms with Crippen LogP contribution in [-0.2, 0) is 6.54 Å². The average molecular weight is 384 g/mol. The van der Waals surface area contributed by atoms with Crippen molar-refractivity contribution in [1.29, 1.82) is 0 Å².